The van der Waals surface area contributed by atoms with Gasteiger partial charge in [0.15, 0.2) is 6.61 Å². The highest BCUT2D eigenvalue weighted by molar-refractivity contribution is 7.16. The smallest absolute Gasteiger partial charge is 0.346 e. The van der Waals surface area contributed by atoms with Crippen LogP contribution in [0.25, 0.3) is 0 Å². The van der Waals surface area contributed by atoms with Crippen molar-refractivity contribution in [1.82, 2.24) is 0 Å². The summed E-state index contributed by atoms with van der Waals surface area (Å²) in [5.74, 6) is -1.30. The van der Waals surface area contributed by atoms with Crippen LogP contribution in [-0.4, -0.2) is 45.3 Å². The monoisotopic (exact) mass is 435 g/mol. The summed E-state index contributed by atoms with van der Waals surface area (Å²) in [6.45, 7) is 5.19. The summed E-state index contributed by atoms with van der Waals surface area (Å²) in [4.78, 5) is 38.2. The van der Waals surface area contributed by atoms with E-state index < -0.39 is 24.5 Å². The van der Waals surface area contributed by atoms with Crippen molar-refractivity contribution in [3.63, 3.8) is 0 Å². The number of hydrogen-bond acceptors (Lipinski definition) is 8. The van der Waals surface area contributed by atoms with E-state index in [1.807, 2.05) is 13.8 Å². The van der Waals surface area contributed by atoms with E-state index in [1.165, 1.54) is 25.6 Å². The maximum atomic E-state index is 12.5. The predicted molar refractivity (Wildman–Crippen MR) is 113 cm³/mol. The number of anilines is 1. The molecule has 30 heavy (non-hydrogen) atoms. The van der Waals surface area contributed by atoms with Crippen molar-refractivity contribution in [2.24, 2.45) is 0 Å². The topological polar surface area (TPSA) is 100 Å². The van der Waals surface area contributed by atoms with E-state index in [0.717, 1.165) is 10.4 Å². The van der Waals surface area contributed by atoms with Crippen LogP contribution in [0.15, 0.2) is 18.2 Å². The Morgan fingerprint density at radius 3 is 2.10 bits per heavy atom. The lowest BCUT2D eigenvalue weighted by Gasteiger charge is -2.12. The van der Waals surface area contributed by atoms with Crippen LogP contribution >= 0.6 is 11.3 Å². The summed E-state index contributed by atoms with van der Waals surface area (Å²) >= 11 is 1.28. The molecule has 162 valence electrons. The van der Waals surface area contributed by atoms with Crippen LogP contribution in [0.4, 0.5) is 5.00 Å². The summed E-state index contributed by atoms with van der Waals surface area (Å²) in [6, 6.07) is 4.85. The highest BCUT2D eigenvalue weighted by atomic mass is 32.1. The van der Waals surface area contributed by atoms with Crippen molar-refractivity contribution in [3.05, 3.63) is 39.8 Å². The van der Waals surface area contributed by atoms with Gasteiger partial charge in [0, 0.05) is 4.88 Å². The highest BCUT2D eigenvalue weighted by Gasteiger charge is 2.25. The van der Waals surface area contributed by atoms with E-state index in [-0.39, 0.29) is 23.7 Å². The predicted octanol–water partition coefficient (Wildman–Crippen LogP) is 3.61. The Morgan fingerprint density at radius 1 is 0.967 bits per heavy atom. The molecule has 0 bridgehead atoms. The van der Waals surface area contributed by atoms with Gasteiger partial charge in [0.05, 0.1) is 26.4 Å². The molecule has 0 radical (unpaired) electrons. The molecule has 0 saturated heterocycles. The van der Waals surface area contributed by atoms with Gasteiger partial charge in [-0.3, -0.25) is 4.79 Å². The SMILES string of the molecule is CCOC(=O)c1c(NC(=O)COC(=O)c2c(OC)cccc2OC)sc(C)c1CC. The normalized spacial score (nSPS) is 10.3. The number of ether oxygens (including phenoxy) is 4. The molecule has 0 unspecified atom stereocenters. The highest BCUT2D eigenvalue weighted by Crippen LogP contribution is 2.34. The van der Waals surface area contributed by atoms with Crippen molar-refractivity contribution in [2.75, 3.05) is 32.8 Å². The van der Waals surface area contributed by atoms with Crippen LogP contribution in [0.2, 0.25) is 0 Å². The van der Waals surface area contributed by atoms with Gasteiger partial charge in [0.25, 0.3) is 5.91 Å². The van der Waals surface area contributed by atoms with Gasteiger partial charge in [-0.25, -0.2) is 9.59 Å². The van der Waals surface area contributed by atoms with Gasteiger partial charge < -0.3 is 24.3 Å². The third-order valence-electron chi connectivity index (χ3n) is 4.26. The van der Waals surface area contributed by atoms with Gasteiger partial charge >= 0.3 is 11.9 Å². The van der Waals surface area contributed by atoms with E-state index in [1.54, 1.807) is 25.1 Å². The third kappa shape index (κ3) is 5.10. The Hall–Kier alpha value is -3.07. The molecule has 1 aromatic heterocycles. The fourth-order valence-corrected chi connectivity index (χ4v) is 4.08. The molecule has 0 aliphatic heterocycles. The number of aryl methyl sites for hydroxylation is 1. The summed E-state index contributed by atoms with van der Waals surface area (Å²) in [7, 11) is 2.83. The number of nitrogens with one attached hydrogen (secondary N) is 1. The Balaban J connectivity index is 2.14. The van der Waals surface area contributed by atoms with E-state index in [0.29, 0.717) is 17.0 Å². The molecule has 1 amide bonds. The quantitative estimate of drug-likeness (QED) is 0.601. The molecule has 1 aromatic carbocycles. The van der Waals surface area contributed by atoms with Crippen LogP contribution in [0.5, 0.6) is 11.5 Å². The van der Waals surface area contributed by atoms with Gasteiger partial charge in [0.2, 0.25) is 0 Å². The van der Waals surface area contributed by atoms with E-state index in [9.17, 15) is 14.4 Å². The fraction of sp³-hybridized carbons (Fsp3) is 0.381. The molecule has 0 spiro atoms. The number of hydrogen-bond donors (Lipinski definition) is 1. The van der Waals surface area contributed by atoms with E-state index in [2.05, 4.69) is 5.32 Å². The average Bonchev–Trinajstić information content (AvgIpc) is 3.05. The number of carbonyl (C=O) groups excluding carboxylic acids is 3. The van der Waals surface area contributed by atoms with Crippen molar-refractivity contribution < 1.29 is 33.3 Å². The molecule has 0 aliphatic rings. The first-order valence-corrected chi connectivity index (χ1v) is 10.2. The molecule has 0 fully saturated rings. The van der Waals surface area contributed by atoms with Crippen LogP contribution in [0.1, 0.15) is 45.0 Å². The summed E-state index contributed by atoms with van der Waals surface area (Å²) in [5, 5.41) is 3.02. The minimum atomic E-state index is -0.762. The lowest BCUT2D eigenvalue weighted by molar-refractivity contribution is -0.119. The first-order chi connectivity index (χ1) is 14.4. The van der Waals surface area contributed by atoms with Gasteiger partial charge in [-0.1, -0.05) is 13.0 Å². The van der Waals surface area contributed by atoms with Crippen molar-refractivity contribution in [1.29, 1.82) is 0 Å². The van der Waals surface area contributed by atoms with Crippen LogP contribution in [0.3, 0.4) is 0 Å². The molecule has 8 nitrogen and oxygen atoms in total. The van der Waals surface area contributed by atoms with Gasteiger partial charge in [-0.15, -0.1) is 11.3 Å². The number of rotatable bonds is 9. The second kappa shape index (κ2) is 10.6. The molecule has 2 aromatic rings. The Morgan fingerprint density at radius 2 is 1.57 bits per heavy atom. The third-order valence-corrected chi connectivity index (χ3v) is 5.32. The van der Waals surface area contributed by atoms with Crippen molar-refractivity contribution in [3.8, 4) is 11.5 Å². The maximum Gasteiger partial charge on any atom is 0.346 e. The zero-order chi connectivity index (χ0) is 22.3. The van der Waals surface area contributed by atoms with Gasteiger partial charge in [-0.05, 0) is 38.0 Å². The molecule has 0 aliphatic carbocycles. The van der Waals surface area contributed by atoms with Crippen molar-refractivity contribution >= 4 is 34.2 Å². The van der Waals surface area contributed by atoms with Crippen LogP contribution in [-0.2, 0) is 20.7 Å². The standard InChI is InChI=1S/C21H25NO7S/c1-6-13-12(3)30-19(17(13)20(24)28-7-2)22-16(23)11-29-21(25)18-14(26-4)9-8-10-15(18)27-5/h8-10H,6-7,11H2,1-5H3,(H,22,23). The van der Waals surface area contributed by atoms with Crippen molar-refractivity contribution in [2.45, 2.75) is 27.2 Å². The summed E-state index contributed by atoms with van der Waals surface area (Å²) in [5.41, 5.74) is 1.25. The second-order valence-corrected chi connectivity index (χ2v) is 7.30. The van der Waals surface area contributed by atoms with E-state index >= 15 is 0 Å². The Kier molecular flexibility index (Phi) is 8.23. The average molecular weight is 435 g/mol. The largest absolute Gasteiger partial charge is 0.496 e. The molecule has 0 atom stereocenters. The van der Waals surface area contributed by atoms with Crippen LogP contribution in [0, 0.1) is 6.92 Å². The first kappa shape index (κ1) is 23.2. The maximum absolute atomic E-state index is 12.5. The second-order valence-electron chi connectivity index (χ2n) is 6.08. The Labute approximate surface area is 179 Å². The number of amides is 1. The lowest BCUT2D eigenvalue weighted by Crippen LogP contribution is -2.22. The van der Waals surface area contributed by atoms with Gasteiger partial charge in [0.1, 0.15) is 22.1 Å². The number of methoxy groups -OCH3 is 2. The molecule has 1 heterocycles. The van der Waals surface area contributed by atoms with Crippen LogP contribution < -0.4 is 14.8 Å². The number of thiophene rings is 1. The fourth-order valence-electron chi connectivity index (χ4n) is 2.93. The van der Waals surface area contributed by atoms with E-state index in [4.69, 9.17) is 18.9 Å². The minimum absolute atomic E-state index is 0.0859. The molecular weight excluding hydrogens is 410 g/mol. The summed E-state index contributed by atoms with van der Waals surface area (Å²) in [6.07, 6.45) is 0.620. The molecule has 0 saturated carbocycles. The number of benzene rings is 1. The Bertz CT molecular complexity index is 913. The first-order valence-electron chi connectivity index (χ1n) is 9.35. The molecule has 2 rings (SSSR count). The summed E-state index contributed by atoms with van der Waals surface area (Å²) < 4.78 is 20.6. The molecule has 9 heteroatoms. The number of carbonyl (C=O) groups is 3. The lowest BCUT2D eigenvalue weighted by atomic mass is 10.1. The minimum Gasteiger partial charge on any atom is -0.496 e. The zero-order valence-electron chi connectivity index (χ0n) is 17.6. The van der Waals surface area contributed by atoms with Gasteiger partial charge in [-0.2, -0.15) is 0 Å². The molecule has 1 N–H and O–H groups in total. The number of esters is 2. The molecular formula is C21H25NO7S. The zero-order valence-corrected chi connectivity index (χ0v) is 18.4.